The molecule has 1 N–H and O–H groups in total. The maximum atomic E-state index is 13.9. The fourth-order valence-corrected chi connectivity index (χ4v) is 3.42. The third kappa shape index (κ3) is 5.46. The molecule has 1 fully saturated rings. The van der Waals surface area contributed by atoms with Crippen LogP contribution in [0.2, 0.25) is 0 Å². The highest BCUT2D eigenvalue weighted by Crippen LogP contribution is 2.28. The number of halogens is 1. The number of piperazine rings is 1. The van der Waals surface area contributed by atoms with Crippen LogP contribution in [0, 0.1) is 5.82 Å². The number of hydrogen-bond donors (Lipinski definition) is 1. The third-order valence-electron chi connectivity index (χ3n) is 5.04. The van der Waals surface area contributed by atoms with Crippen LogP contribution in [0.1, 0.15) is 17.3 Å². The molecule has 1 saturated heterocycles. The highest BCUT2D eigenvalue weighted by molar-refractivity contribution is 5.94. The van der Waals surface area contributed by atoms with Crippen LogP contribution in [-0.4, -0.2) is 68.3 Å². The molecule has 1 aliphatic heterocycles. The van der Waals surface area contributed by atoms with Crippen molar-refractivity contribution in [3.63, 3.8) is 0 Å². The van der Waals surface area contributed by atoms with E-state index in [-0.39, 0.29) is 18.2 Å². The van der Waals surface area contributed by atoms with Crippen molar-refractivity contribution in [2.75, 3.05) is 51.3 Å². The van der Waals surface area contributed by atoms with Gasteiger partial charge in [-0.3, -0.25) is 9.69 Å². The molecule has 6 nitrogen and oxygen atoms in total. The van der Waals surface area contributed by atoms with E-state index >= 15 is 0 Å². The zero-order valence-electron chi connectivity index (χ0n) is 16.8. The highest BCUT2D eigenvalue weighted by Gasteiger charge is 2.21. The van der Waals surface area contributed by atoms with Crippen molar-refractivity contribution >= 4 is 11.5 Å². The monoisotopic (exact) mass is 402 g/mol. The summed E-state index contributed by atoms with van der Waals surface area (Å²) in [6, 6.07) is 11.8. The lowest BCUT2D eigenvalue weighted by Crippen LogP contribution is -2.49. The Morgan fingerprint density at radius 2 is 1.86 bits per heavy atom. The van der Waals surface area contributed by atoms with Gasteiger partial charge in [0.05, 0.1) is 12.8 Å². The van der Waals surface area contributed by atoms with Crippen molar-refractivity contribution in [1.82, 2.24) is 4.90 Å². The van der Waals surface area contributed by atoms with Crippen LogP contribution < -0.4 is 14.4 Å². The van der Waals surface area contributed by atoms with Gasteiger partial charge in [0.2, 0.25) is 0 Å². The SMILES string of the molecule is COc1cc(C(C)=O)ccc1OCC(O)CN1CCN(c2ccccc2F)CC1. The molecule has 1 aliphatic rings. The van der Waals surface area contributed by atoms with E-state index in [4.69, 9.17) is 9.47 Å². The summed E-state index contributed by atoms with van der Waals surface area (Å²) in [7, 11) is 1.51. The van der Waals surface area contributed by atoms with Gasteiger partial charge in [-0.1, -0.05) is 12.1 Å². The fraction of sp³-hybridized carbons (Fsp3) is 0.409. The highest BCUT2D eigenvalue weighted by atomic mass is 19.1. The van der Waals surface area contributed by atoms with Crippen LogP contribution in [0.4, 0.5) is 10.1 Å². The normalized spacial score (nSPS) is 15.8. The smallest absolute Gasteiger partial charge is 0.161 e. The van der Waals surface area contributed by atoms with Crippen molar-refractivity contribution in [1.29, 1.82) is 0 Å². The van der Waals surface area contributed by atoms with Crippen LogP contribution in [0.5, 0.6) is 11.5 Å². The molecule has 0 amide bonds. The van der Waals surface area contributed by atoms with Crippen LogP contribution in [0.3, 0.4) is 0 Å². The molecule has 2 aromatic rings. The standard InChI is InChI=1S/C22H27FN2O4/c1-16(26)17-7-8-21(22(13-17)28-2)29-15-18(27)14-24-9-11-25(12-10-24)20-6-4-3-5-19(20)23/h3-8,13,18,27H,9-12,14-15H2,1-2H3. The van der Waals surface area contributed by atoms with E-state index in [1.807, 2.05) is 11.0 Å². The number of para-hydroxylation sites is 1. The zero-order valence-corrected chi connectivity index (χ0v) is 16.8. The second-order valence-corrected chi connectivity index (χ2v) is 7.13. The maximum absolute atomic E-state index is 13.9. The number of nitrogens with zero attached hydrogens (tertiary/aromatic N) is 2. The van der Waals surface area contributed by atoms with Gasteiger partial charge in [-0.05, 0) is 37.3 Å². The van der Waals surface area contributed by atoms with E-state index in [0.717, 1.165) is 13.1 Å². The van der Waals surface area contributed by atoms with Crippen molar-refractivity contribution in [3.8, 4) is 11.5 Å². The van der Waals surface area contributed by atoms with Gasteiger partial charge in [-0.15, -0.1) is 0 Å². The lowest BCUT2D eigenvalue weighted by Gasteiger charge is -2.36. The average molecular weight is 402 g/mol. The van der Waals surface area contributed by atoms with Gasteiger partial charge < -0.3 is 19.5 Å². The minimum absolute atomic E-state index is 0.0515. The molecule has 1 heterocycles. The zero-order chi connectivity index (χ0) is 20.8. The van der Waals surface area contributed by atoms with Gasteiger partial charge in [0.25, 0.3) is 0 Å². The Kier molecular flexibility index (Phi) is 7.06. The summed E-state index contributed by atoms with van der Waals surface area (Å²) in [5, 5.41) is 10.4. The number of carbonyl (C=O) groups is 1. The number of aliphatic hydroxyl groups is 1. The minimum atomic E-state index is -0.674. The predicted octanol–water partition coefficient (Wildman–Crippen LogP) is 2.60. The average Bonchev–Trinajstić information content (AvgIpc) is 2.73. The van der Waals surface area contributed by atoms with Crippen molar-refractivity contribution < 1.29 is 23.8 Å². The number of methoxy groups -OCH3 is 1. The number of anilines is 1. The van der Waals surface area contributed by atoms with E-state index in [0.29, 0.717) is 42.4 Å². The molecule has 0 saturated carbocycles. The van der Waals surface area contributed by atoms with E-state index in [1.54, 1.807) is 30.3 Å². The van der Waals surface area contributed by atoms with E-state index in [9.17, 15) is 14.3 Å². The quantitative estimate of drug-likeness (QED) is 0.685. The minimum Gasteiger partial charge on any atom is -0.493 e. The van der Waals surface area contributed by atoms with E-state index in [1.165, 1.54) is 20.1 Å². The molecule has 0 bridgehead atoms. The van der Waals surface area contributed by atoms with Crippen LogP contribution in [0.15, 0.2) is 42.5 Å². The number of Topliss-reactive ketones (excluding diaryl/α,β-unsaturated/α-hetero) is 1. The second-order valence-electron chi connectivity index (χ2n) is 7.13. The molecule has 0 radical (unpaired) electrons. The summed E-state index contributed by atoms with van der Waals surface area (Å²) in [5.74, 6) is 0.688. The fourth-order valence-electron chi connectivity index (χ4n) is 3.42. The molecule has 3 rings (SSSR count). The summed E-state index contributed by atoms with van der Waals surface area (Å²) in [5.41, 5.74) is 1.17. The summed E-state index contributed by atoms with van der Waals surface area (Å²) in [4.78, 5) is 15.6. The first-order chi connectivity index (χ1) is 14.0. The van der Waals surface area contributed by atoms with Gasteiger partial charge in [-0.2, -0.15) is 0 Å². The van der Waals surface area contributed by atoms with Crippen molar-refractivity contribution in [2.24, 2.45) is 0 Å². The number of hydrogen-bond acceptors (Lipinski definition) is 6. The molecule has 0 aromatic heterocycles. The molecule has 0 aliphatic carbocycles. The molecular weight excluding hydrogens is 375 g/mol. The topological polar surface area (TPSA) is 62.2 Å². The summed E-state index contributed by atoms with van der Waals surface area (Å²) >= 11 is 0. The number of carbonyl (C=O) groups excluding carboxylic acids is 1. The molecular formula is C22H27FN2O4. The largest absolute Gasteiger partial charge is 0.493 e. The predicted molar refractivity (Wildman–Crippen MR) is 110 cm³/mol. The lowest BCUT2D eigenvalue weighted by atomic mass is 10.1. The number of rotatable bonds is 8. The Morgan fingerprint density at radius 3 is 2.52 bits per heavy atom. The van der Waals surface area contributed by atoms with Crippen LogP contribution >= 0.6 is 0 Å². The first kappa shape index (κ1) is 21.1. The molecule has 156 valence electrons. The molecule has 2 aromatic carbocycles. The summed E-state index contributed by atoms with van der Waals surface area (Å²) in [6.07, 6.45) is -0.674. The van der Waals surface area contributed by atoms with Crippen LogP contribution in [0.25, 0.3) is 0 Å². The molecule has 29 heavy (non-hydrogen) atoms. The number of β-amino-alcohol motifs (C(OH)–C–C–N with tert-alkyl or cyclic N) is 1. The number of ketones is 1. The Balaban J connectivity index is 1.48. The Labute approximate surface area is 170 Å². The van der Waals surface area contributed by atoms with E-state index < -0.39 is 6.10 Å². The maximum Gasteiger partial charge on any atom is 0.161 e. The number of ether oxygens (including phenoxy) is 2. The van der Waals surface area contributed by atoms with Gasteiger partial charge in [0.15, 0.2) is 17.3 Å². The molecule has 1 unspecified atom stereocenters. The van der Waals surface area contributed by atoms with Gasteiger partial charge >= 0.3 is 0 Å². The molecule has 1 atom stereocenters. The summed E-state index contributed by atoms with van der Waals surface area (Å²) in [6.45, 7) is 4.96. The molecule has 7 heteroatoms. The van der Waals surface area contributed by atoms with Gasteiger partial charge in [0, 0.05) is 38.3 Å². The Morgan fingerprint density at radius 1 is 1.14 bits per heavy atom. The van der Waals surface area contributed by atoms with Crippen molar-refractivity contribution in [2.45, 2.75) is 13.0 Å². The Hall–Kier alpha value is -2.64. The number of benzene rings is 2. The Bertz CT molecular complexity index is 837. The first-order valence-corrected chi connectivity index (χ1v) is 9.69. The third-order valence-corrected chi connectivity index (χ3v) is 5.04. The lowest BCUT2D eigenvalue weighted by molar-refractivity contribution is 0.0652. The van der Waals surface area contributed by atoms with Crippen LogP contribution in [-0.2, 0) is 0 Å². The van der Waals surface area contributed by atoms with Gasteiger partial charge in [-0.25, -0.2) is 4.39 Å². The first-order valence-electron chi connectivity index (χ1n) is 9.69. The van der Waals surface area contributed by atoms with Gasteiger partial charge in [0.1, 0.15) is 18.5 Å². The second kappa shape index (κ2) is 9.71. The van der Waals surface area contributed by atoms with Crippen molar-refractivity contribution in [3.05, 3.63) is 53.8 Å². The number of aliphatic hydroxyl groups excluding tert-OH is 1. The van der Waals surface area contributed by atoms with E-state index in [2.05, 4.69) is 4.90 Å². The summed E-state index contributed by atoms with van der Waals surface area (Å²) < 4.78 is 24.9. The molecule has 0 spiro atoms.